The zero-order valence-corrected chi connectivity index (χ0v) is 22.0. The molecule has 0 aliphatic carbocycles. The molecular weight excluding hydrogens is 514 g/mol. The number of aromatic nitrogens is 5. The van der Waals surface area contributed by atoms with E-state index >= 15 is 0 Å². The van der Waals surface area contributed by atoms with Gasteiger partial charge in [-0.3, -0.25) is 4.40 Å². The van der Waals surface area contributed by atoms with E-state index in [-0.39, 0.29) is 0 Å². The van der Waals surface area contributed by atoms with Gasteiger partial charge in [-0.1, -0.05) is 24.3 Å². The first-order valence-electron chi connectivity index (χ1n) is 12.3. The highest BCUT2D eigenvalue weighted by atomic mass is 32.1. The molecule has 0 amide bonds. The van der Waals surface area contributed by atoms with Crippen molar-refractivity contribution in [3.8, 4) is 33.2 Å². The zero-order chi connectivity index (χ0) is 25.3. The number of nitrogens with one attached hydrogen (secondary N) is 1. The molecule has 4 aromatic heterocycles. The Kier molecular flexibility index (Phi) is 6.05. The van der Waals surface area contributed by atoms with E-state index in [1.165, 1.54) is 0 Å². The first-order chi connectivity index (χ1) is 18.8. The van der Waals surface area contributed by atoms with E-state index in [4.69, 9.17) is 14.7 Å². The van der Waals surface area contributed by atoms with Crippen molar-refractivity contribution in [2.45, 2.75) is 0 Å². The summed E-state index contributed by atoms with van der Waals surface area (Å²) < 4.78 is 7.60. The van der Waals surface area contributed by atoms with Crippen LogP contribution in [0.15, 0.2) is 83.9 Å². The van der Waals surface area contributed by atoms with Gasteiger partial charge in [0.05, 0.1) is 24.6 Å². The molecule has 7 rings (SSSR count). The summed E-state index contributed by atoms with van der Waals surface area (Å²) in [5.41, 5.74) is 6.82. The average molecular weight is 538 g/mol. The molecule has 5 heterocycles. The molecule has 0 saturated carbocycles. The van der Waals surface area contributed by atoms with E-state index in [2.05, 4.69) is 67.0 Å². The third kappa shape index (κ3) is 4.43. The number of thiazole rings is 2. The van der Waals surface area contributed by atoms with E-state index in [0.717, 1.165) is 75.9 Å². The van der Waals surface area contributed by atoms with Crippen molar-refractivity contribution in [1.29, 1.82) is 0 Å². The van der Waals surface area contributed by atoms with Gasteiger partial charge in [0.1, 0.15) is 10.7 Å². The number of rotatable bonds is 6. The highest BCUT2D eigenvalue weighted by molar-refractivity contribution is 7.15. The monoisotopic (exact) mass is 537 g/mol. The maximum atomic E-state index is 5.50. The van der Waals surface area contributed by atoms with Crippen LogP contribution in [0.2, 0.25) is 0 Å². The van der Waals surface area contributed by atoms with Crippen LogP contribution >= 0.6 is 22.7 Å². The topological polar surface area (TPSA) is 80.5 Å². The third-order valence-corrected chi connectivity index (χ3v) is 8.03. The summed E-state index contributed by atoms with van der Waals surface area (Å²) >= 11 is 3.23. The van der Waals surface area contributed by atoms with E-state index in [1.54, 1.807) is 28.9 Å². The highest BCUT2D eigenvalue weighted by Crippen LogP contribution is 2.36. The second-order valence-electron chi connectivity index (χ2n) is 8.82. The van der Waals surface area contributed by atoms with Gasteiger partial charge < -0.3 is 15.0 Å². The van der Waals surface area contributed by atoms with Crippen LogP contribution < -0.4 is 10.2 Å². The fourth-order valence-corrected chi connectivity index (χ4v) is 6.03. The van der Waals surface area contributed by atoms with Gasteiger partial charge in [0.15, 0.2) is 4.96 Å². The van der Waals surface area contributed by atoms with Crippen molar-refractivity contribution in [3.05, 3.63) is 83.9 Å². The molecule has 0 radical (unpaired) electrons. The molecule has 38 heavy (non-hydrogen) atoms. The summed E-state index contributed by atoms with van der Waals surface area (Å²) in [7, 11) is 0. The second kappa shape index (κ2) is 9.97. The lowest BCUT2D eigenvalue weighted by Gasteiger charge is -2.29. The minimum Gasteiger partial charge on any atom is -0.378 e. The number of fused-ring (bicyclic) bond motifs is 1. The van der Waals surface area contributed by atoms with Crippen molar-refractivity contribution in [2.24, 2.45) is 0 Å². The number of ether oxygens (including phenoxy) is 1. The number of imidazole rings is 1. The van der Waals surface area contributed by atoms with Crippen LogP contribution in [-0.4, -0.2) is 50.6 Å². The normalized spacial score (nSPS) is 13.7. The number of hydrogen-bond acceptors (Lipinski definition) is 9. The summed E-state index contributed by atoms with van der Waals surface area (Å²) in [6, 6.07) is 18.6. The quantitative estimate of drug-likeness (QED) is 0.270. The van der Waals surface area contributed by atoms with Crippen LogP contribution in [0.3, 0.4) is 0 Å². The summed E-state index contributed by atoms with van der Waals surface area (Å²) in [4.78, 5) is 22.1. The first kappa shape index (κ1) is 23.0. The average Bonchev–Trinajstić information content (AvgIpc) is 3.72. The molecule has 1 saturated heterocycles. The summed E-state index contributed by atoms with van der Waals surface area (Å²) in [5.74, 6) is 0.536. The molecule has 1 aliphatic rings. The van der Waals surface area contributed by atoms with Crippen molar-refractivity contribution in [2.75, 3.05) is 36.5 Å². The molecule has 2 aromatic carbocycles. The van der Waals surface area contributed by atoms with Gasteiger partial charge in [-0.15, -0.1) is 22.7 Å². The van der Waals surface area contributed by atoms with Crippen molar-refractivity contribution in [3.63, 3.8) is 0 Å². The molecule has 188 valence electrons. The molecule has 1 aliphatic heterocycles. The number of hydrogen-bond donors (Lipinski definition) is 1. The molecule has 0 bridgehead atoms. The molecule has 0 spiro atoms. The zero-order valence-electron chi connectivity index (χ0n) is 20.3. The highest BCUT2D eigenvalue weighted by Gasteiger charge is 2.19. The first-order valence-corrected chi connectivity index (χ1v) is 14.1. The number of benzene rings is 2. The Balaban J connectivity index is 1.25. The Bertz CT molecular complexity index is 1700. The Hall–Kier alpha value is -4.12. The van der Waals surface area contributed by atoms with Gasteiger partial charge in [0.2, 0.25) is 5.95 Å². The molecule has 10 heteroatoms. The smallest absolute Gasteiger partial charge is 0.227 e. The van der Waals surface area contributed by atoms with Gasteiger partial charge in [-0.25, -0.2) is 19.9 Å². The van der Waals surface area contributed by atoms with E-state index in [9.17, 15) is 0 Å². The number of morpholine rings is 1. The Morgan fingerprint density at radius 3 is 2.63 bits per heavy atom. The number of nitrogens with zero attached hydrogens (tertiary/aromatic N) is 6. The van der Waals surface area contributed by atoms with Gasteiger partial charge in [0.25, 0.3) is 0 Å². The largest absolute Gasteiger partial charge is 0.378 e. The Morgan fingerprint density at radius 2 is 1.74 bits per heavy atom. The van der Waals surface area contributed by atoms with Crippen LogP contribution in [0.25, 0.3) is 38.2 Å². The van der Waals surface area contributed by atoms with Crippen molar-refractivity contribution in [1.82, 2.24) is 24.3 Å². The third-order valence-electron chi connectivity index (χ3n) is 6.45. The van der Waals surface area contributed by atoms with Gasteiger partial charge in [0, 0.05) is 64.9 Å². The van der Waals surface area contributed by atoms with Crippen LogP contribution in [0, 0.1) is 0 Å². The van der Waals surface area contributed by atoms with Gasteiger partial charge in [-0.05, 0) is 30.3 Å². The fraction of sp³-hybridized carbons (Fsp3) is 0.143. The predicted octanol–water partition coefficient (Wildman–Crippen LogP) is 6.22. The molecule has 0 unspecified atom stereocenters. The Morgan fingerprint density at radius 1 is 0.842 bits per heavy atom. The SMILES string of the molecule is c1cc(-c2nccs2)cc(-c2nc3sccn3c2-c2ccnc(Nc3cccc(N4CCOCC4)c3)n2)c1. The van der Waals surface area contributed by atoms with E-state index in [1.807, 2.05) is 35.3 Å². The molecule has 1 fully saturated rings. The van der Waals surface area contributed by atoms with Crippen molar-refractivity contribution < 1.29 is 4.74 Å². The van der Waals surface area contributed by atoms with Crippen molar-refractivity contribution >= 4 is 45.0 Å². The van der Waals surface area contributed by atoms with E-state index in [0.29, 0.717) is 5.95 Å². The van der Waals surface area contributed by atoms with Gasteiger partial charge in [-0.2, -0.15) is 0 Å². The maximum Gasteiger partial charge on any atom is 0.227 e. The lowest BCUT2D eigenvalue weighted by atomic mass is 10.1. The standard InChI is InChI=1S/C28H23N7OS2/c1-3-19(17-20(4-1)26-29-9-15-37-26)24-25(35-12-16-38-28(35)33-24)23-7-8-30-27(32-23)31-21-5-2-6-22(18-21)34-10-13-36-14-11-34/h1-9,12,15-18H,10-11,13-14H2,(H,30,31,32). The lowest BCUT2D eigenvalue weighted by molar-refractivity contribution is 0.122. The van der Waals surface area contributed by atoms with Crippen LogP contribution in [0.5, 0.6) is 0 Å². The van der Waals surface area contributed by atoms with Gasteiger partial charge >= 0.3 is 0 Å². The summed E-state index contributed by atoms with van der Waals surface area (Å²) in [5, 5.41) is 8.42. The second-order valence-corrected chi connectivity index (χ2v) is 10.6. The maximum absolute atomic E-state index is 5.50. The molecule has 0 atom stereocenters. The lowest BCUT2D eigenvalue weighted by Crippen LogP contribution is -2.36. The van der Waals surface area contributed by atoms with Crippen LogP contribution in [-0.2, 0) is 4.74 Å². The van der Waals surface area contributed by atoms with E-state index < -0.39 is 0 Å². The summed E-state index contributed by atoms with van der Waals surface area (Å²) in [6.07, 6.45) is 5.66. The van der Waals surface area contributed by atoms with Crippen LogP contribution in [0.1, 0.15) is 0 Å². The molecule has 6 aromatic rings. The molecular formula is C28H23N7OS2. The Labute approximate surface area is 227 Å². The molecule has 8 nitrogen and oxygen atoms in total. The minimum absolute atomic E-state index is 0.536. The minimum atomic E-state index is 0.536. The summed E-state index contributed by atoms with van der Waals surface area (Å²) in [6.45, 7) is 3.28. The van der Waals surface area contributed by atoms with Crippen LogP contribution in [0.4, 0.5) is 17.3 Å². The number of anilines is 3. The molecule has 1 N–H and O–H groups in total. The predicted molar refractivity (Wildman–Crippen MR) is 153 cm³/mol. The fourth-order valence-electron chi connectivity index (χ4n) is 4.68.